The molecule has 3 aromatic rings. The summed E-state index contributed by atoms with van der Waals surface area (Å²) in [6.07, 6.45) is -3.95. The third-order valence-electron chi connectivity index (χ3n) is 6.03. The second-order valence-electron chi connectivity index (χ2n) is 9.35. The van der Waals surface area contributed by atoms with Gasteiger partial charge in [-0.3, -0.25) is 9.32 Å². The van der Waals surface area contributed by atoms with Crippen LogP contribution in [0.1, 0.15) is 33.4 Å². The molecule has 12 nitrogen and oxygen atoms in total. The number of carbonyl (C=O) groups is 1. The van der Waals surface area contributed by atoms with Gasteiger partial charge in [0.05, 0.1) is 18.4 Å². The van der Waals surface area contributed by atoms with Gasteiger partial charge in [0, 0.05) is 0 Å². The van der Waals surface area contributed by atoms with Crippen LogP contribution in [0.5, 0.6) is 5.75 Å². The second kappa shape index (κ2) is 11.0. The van der Waals surface area contributed by atoms with Crippen molar-refractivity contribution < 1.29 is 37.4 Å². The topological polar surface area (TPSA) is 160 Å². The molecule has 0 saturated carbocycles. The van der Waals surface area contributed by atoms with Crippen molar-refractivity contribution in [1.82, 2.24) is 19.7 Å². The number of aromatic nitrogens is 3. The first-order valence-corrected chi connectivity index (χ1v) is 13.5. The zero-order valence-electron chi connectivity index (χ0n) is 21.4. The summed E-state index contributed by atoms with van der Waals surface area (Å²) in [5, 5.41) is 17.4. The number of fused-ring (bicyclic) bond motifs is 1. The highest BCUT2D eigenvalue weighted by Crippen LogP contribution is 2.47. The highest BCUT2D eigenvalue weighted by Gasteiger charge is 2.55. The van der Waals surface area contributed by atoms with Gasteiger partial charge in [-0.2, -0.15) is 10.2 Å². The molecule has 1 aromatic carbocycles. The van der Waals surface area contributed by atoms with E-state index in [9.17, 15) is 14.5 Å². The molecule has 0 bridgehead atoms. The Bertz CT molecular complexity index is 1330. The maximum atomic E-state index is 15.5. The van der Waals surface area contributed by atoms with Crippen LogP contribution in [-0.2, 0) is 29.0 Å². The fraction of sp³-hybridized carbons (Fsp3) is 0.458. The van der Waals surface area contributed by atoms with Gasteiger partial charge in [0.15, 0.2) is 12.0 Å². The summed E-state index contributed by atoms with van der Waals surface area (Å²) in [5.74, 6) is -0.278. The first-order valence-electron chi connectivity index (χ1n) is 12.0. The van der Waals surface area contributed by atoms with Gasteiger partial charge in [0.25, 0.3) is 0 Å². The lowest BCUT2D eigenvalue weighted by atomic mass is 9.94. The average Bonchev–Trinajstić information content (AvgIpc) is 3.40. The molecule has 3 heterocycles. The van der Waals surface area contributed by atoms with Crippen molar-refractivity contribution in [3.05, 3.63) is 54.5 Å². The molecule has 0 amide bonds. The second-order valence-corrected chi connectivity index (χ2v) is 11.0. The van der Waals surface area contributed by atoms with Gasteiger partial charge in [-0.15, -0.1) is 0 Å². The van der Waals surface area contributed by atoms with E-state index in [0.717, 1.165) is 0 Å². The van der Waals surface area contributed by atoms with Gasteiger partial charge >= 0.3 is 13.7 Å². The largest absolute Gasteiger partial charge is 0.462 e. The van der Waals surface area contributed by atoms with Crippen LogP contribution in [0.15, 0.2) is 48.8 Å². The summed E-state index contributed by atoms with van der Waals surface area (Å²) in [5.41, 5.74) is 4.98. The molecule has 0 radical (unpaired) electrons. The van der Waals surface area contributed by atoms with Crippen molar-refractivity contribution >= 4 is 25.1 Å². The van der Waals surface area contributed by atoms with Crippen LogP contribution in [0, 0.1) is 0 Å². The third kappa shape index (κ3) is 5.67. The van der Waals surface area contributed by atoms with Gasteiger partial charge in [-0.05, 0) is 52.0 Å². The van der Waals surface area contributed by atoms with Gasteiger partial charge < -0.3 is 24.8 Å². The molecule has 38 heavy (non-hydrogen) atoms. The number of halogens is 1. The fourth-order valence-electron chi connectivity index (χ4n) is 4.13. The first kappa shape index (κ1) is 27.9. The molecule has 4 rings (SSSR count). The number of rotatable bonds is 10. The summed E-state index contributed by atoms with van der Waals surface area (Å²) in [6, 6.07) is 10.3. The Morgan fingerprint density at radius 3 is 2.68 bits per heavy atom. The Morgan fingerprint density at radius 2 is 2.00 bits per heavy atom. The monoisotopic (exact) mass is 551 g/mol. The lowest BCUT2D eigenvalue weighted by Crippen LogP contribution is -2.38. The minimum absolute atomic E-state index is 0.193. The first-order chi connectivity index (χ1) is 17.9. The van der Waals surface area contributed by atoms with Crippen LogP contribution in [0.25, 0.3) is 5.52 Å². The molecule has 4 N–H and O–H groups in total. The Balaban J connectivity index is 1.54. The van der Waals surface area contributed by atoms with Crippen molar-refractivity contribution in [3.8, 4) is 5.75 Å². The minimum Gasteiger partial charge on any atom is -0.462 e. The van der Waals surface area contributed by atoms with E-state index in [1.807, 2.05) is 0 Å². The number of carbonyl (C=O) groups excluding carboxylic acids is 1. The standard InChI is InChI=1S/C24H31FN5O7P/c1-14(2)35-23(32)15(3)29-38(33,37-16-8-6-5-7-9-16)34-12-18-20(31)21(25)24(4,36-18)19-11-10-17-22(26)27-13-28-30(17)19/h5-11,13-15,18,20-21,31H,12H2,1-4H3,(H,29,33)(H2,26,27,28)/t15-,18?,20-,21-,24+,38?/m1/s1. The summed E-state index contributed by atoms with van der Waals surface area (Å²) in [7, 11) is -4.25. The number of benzene rings is 1. The molecule has 2 aromatic heterocycles. The number of ether oxygens (including phenoxy) is 2. The van der Waals surface area contributed by atoms with Crippen molar-refractivity contribution in [2.45, 2.75) is 63.8 Å². The van der Waals surface area contributed by atoms with Crippen LogP contribution in [0.2, 0.25) is 0 Å². The number of hydrogen-bond acceptors (Lipinski definition) is 10. The normalized spacial score (nSPS) is 25.8. The van der Waals surface area contributed by atoms with E-state index in [1.165, 1.54) is 24.7 Å². The Kier molecular flexibility index (Phi) is 8.05. The molecule has 1 saturated heterocycles. The molecular formula is C24H31FN5O7P. The average molecular weight is 552 g/mol. The van der Waals surface area contributed by atoms with E-state index in [4.69, 9.17) is 24.3 Å². The molecule has 6 atom stereocenters. The molecular weight excluding hydrogens is 520 g/mol. The SMILES string of the molecule is CC(C)OC(=O)[C@@H](C)NP(=O)(OCC1O[C@@](C)(c2ccc3c(N)ncnn23)[C@H](F)[C@@H]1O)Oc1ccccc1. The van der Waals surface area contributed by atoms with Crippen molar-refractivity contribution in [2.24, 2.45) is 0 Å². The summed E-state index contributed by atoms with van der Waals surface area (Å²) in [6.45, 7) is 5.73. The number of para-hydroxylation sites is 1. The third-order valence-corrected chi connectivity index (χ3v) is 7.67. The molecule has 14 heteroatoms. The van der Waals surface area contributed by atoms with E-state index >= 15 is 4.39 Å². The molecule has 0 aliphatic carbocycles. The van der Waals surface area contributed by atoms with Gasteiger partial charge in [-0.1, -0.05) is 18.2 Å². The fourth-order valence-corrected chi connectivity index (χ4v) is 5.63. The van der Waals surface area contributed by atoms with Crippen LogP contribution in [0.3, 0.4) is 0 Å². The number of nitrogens with two attached hydrogens (primary N) is 1. The van der Waals surface area contributed by atoms with E-state index in [-0.39, 0.29) is 11.6 Å². The number of anilines is 1. The predicted octanol–water partition coefficient (Wildman–Crippen LogP) is 2.76. The lowest BCUT2D eigenvalue weighted by molar-refractivity contribution is -0.149. The number of nitrogens with one attached hydrogen (secondary N) is 1. The quantitative estimate of drug-likeness (QED) is 0.251. The summed E-state index contributed by atoms with van der Waals surface area (Å²) >= 11 is 0. The zero-order chi connectivity index (χ0) is 27.7. The maximum absolute atomic E-state index is 15.5. The Hall–Kier alpha value is -3.09. The van der Waals surface area contributed by atoms with Crippen LogP contribution >= 0.6 is 7.75 Å². The highest BCUT2D eigenvalue weighted by atomic mass is 31.2. The minimum atomic E-state index is -4.25. The van der Waals surface area contributed by atoms with Crippen molar-refractivity contribution in [2.75, 3.05) is 12.3 Å². The smallest absolute Gasteiger partial charge is 0.459 e. The van der Waals surface area contributed by atoms with Gasteiger partial charge in [-0.25, -0.2) is 18.5 Å². The number of alkyl halides is 1. The number of esters is 1. The molecule has 0 spiro atoms. The van der Waals surface area contributed by atoms with Crippen molar-refractivity contribution in [1.29, 1.82) is 0 Å². The summed E-state index contributed by atoms with van der Waals surface area (Å²) in [4.78, 5) is 16.3. The predicted molar refractivity (Wildman–Crippen MR) is 135 cm³/mol. The van der Waals surface area contributed by atoms with Crippen LogP contribution in [0.4, 0.5) is 10.2 Å². The van der Waals surface area contributed by atoms with Crippen molar-refractivity contribution in [3.63, 3.8) is 0 Å². The molecule has 1 aliphatic heterocycles. The molecule has 1 aliphatic rings. The van der Waals surface area contributed by atoms with Crippen LogP contribution < -0.4 is 15.3 Å². The van der Waals surface area contributed by atoms with Gasteiger partial charge in [0.1, 0.15) is 41.4 Å². The highest BCUT2D eigenvalue weighted by molar-refractivity contribution is 7.52. The maximum Gasteiger partial charge on any atom is 0.459 e. The number of nitrogen functional groups attached to an aromatic ring is 1. The van der Waals surface area contributed by atoms with Crippen LogP contribution in [-0.4, -0.2) is 62.8 Å². The molecule has 1 fully saturated rings. The summed E-state index contributed by atoms with van der Waals surface area (Å²) < 4.78 is 52.9. The van der Waals surface area contributed by atoms with E-state index in [0.29, 0.717) is 11.2 Å². The number of aliphatic hydroxyl groups excluding tert-OH is 1. The van der Waals surface area contributed by atoms with E-state index in [1.54, 1.807) is 56.3 Å². The number of hydrogen-bond donors (Lipinski definition) is 3. The Labute approximate surface area is 218 Å². The Morgan fingerprint density at radius 1 is 1.29 bits per heavy atom. The molecule has 2 unspecified atom stereocenters. The van der Waals surface area contributed by atoms with Gasteiger partial charge in [0.2, 0.25) is 0 Å². The van der Waals surface area contributed by atoms with E-state index < -0.39 is 56.4 Å². The van der Waals surface area contributed by atoms with E-state index in [2.05, 4.69) is 15.2 Å². The zero-order valence-corrected chi connectivity index (χ0v) is 22.2. The lowest BCUT2D eigenvalue weighted by Gasteiger charge is -2.27. The number of nitrogens with zero attached hydrogens (tertiary/aromatic N) is 3. The number of aliphatic hydroxyl groups is 1. The molecule has 206 valence electrons.